The number of anilines is 1. The normalized spacial score (nSPS) is 17.8. The average Bonchev–Trinajstić information content (AvgIpc) is 2.97. The number of nitrogens with zero attached hydrogens (tertiary/aromatic N) is 3. The van der Waals surface area contributed by atoms with E-state index in [1.165, 1.54) is 11.3 Å². The predicted molar refractivity (Wildman–Crippen MR) is 90.3 cm³/mol. The lowest BCUT2D eigenvalue weighted by Gasteiger charge is -2.33. The topological polar surface area (TPSA) is 67.3 Å². The first-order valence-electron chi connectivity index (χ1n) is 7.64. The third-order valence-electron chi connectivity index (χ3n) is 3.84. The number of aromatic nitrogens is 2. The molecule has 0 radical (unpaired) electrons. The number of carbonyl (C=O) groups excluding carboxylic acids is 1. The van der Waals surface area contributed by atoms with Gasteiger partial charge in [-0.2, -0.15) is 0 Å². The van der Waals surface area contributed by atoms with E-state index in [0.29, 0.717) is 10.6 Å². The van der Waals surface area contributed by atoms with Gasteiger partial charge in [0.05, 0.1) is 7.11 Å². The van der Waals surface area contributed by atoms with Crippen molar-refractivity contribution in [1.82, 2.24) is 15.3 Å². The molecular weight excluding hydrogens is 312 g/mol. The van der Waals surface area contributed by atoms with Gasteiger partial charge in [-0.05, 0) is 31.9 Å². The number of rotatable bonds is 4. The Kier molecular flexibility index (Phi) is 4.76. The molecule has 1 aliphatic heterocycles. The van der Waals surface area contributed by atoms with E-state index in [4.69, 9.17) is 4.74 Å². The first-order valence-corrected chi connectivity index (χ1v) is 8.46. The molecule has 0 bridgehead atoms. The molecule has 1 amide bonds. The summed E-state index contributed by atoms with van der Waals surface area (Å²) in [6.07, 6.45) is 5.44. The Hall–Kier alpha value is -2.15. The molecule has 1 N–H and O–H groups in total. The number of aryl methyl sites for hydroxylation is 1. The molecule has 2 aromatic heterocycles. The summed E-state index contributed by atoms with van der Waals surface area (Å²) in [5.41, 5.74) is 0. The third-order valence-corrected chi connectivity index (χ3v) is 4.87. The molecule has 0 unspecified atom stereocenters. The molecule has 0 saturated carbocycles. The zero-order chi connectivity index (χ0) is 16.2. The van der Waals surface area contributed by atoms with Crippen LogP contribution in [0.25, 0.3) is 0 Å². The Bertz CT molecular complexity index is 674. The van der Waals surface area contributed by atoms with E-state index in [2.05, 4.69) is 20.2 Å². The van der Waals surface area contributed by atoms with Crippen LogP contribution in [0, 0.1) is 6.92 Å². The van der Waals surface area contributed by atoms with Crippen molar-refractivity contribution in [3.05, 3.63) is 34.3 Å². The summed E-state index contributed by atoms with van der Waals surface area (Å²) in [5, 5.41) is 3.12. The van der Waals surface area contributed by atoms with Crippen LogP contribution in [0.1, 0.15) is 27.4 Å². The van der Waals surface area contributed by atoms with Crippen molar-refractivity contribution in [2.75, 3.05) is 25.1 Å². The Morgan fingerprint density at radius 1 is 1.43 bits per heavy atom. The highest BCUT2D eigenvalue weighted by Gasteiger charge is 2.25. The van der Waals surface area contributed by atoms with Gasteiger partial charge in [-0.1, -0.05) is 0 Å². The van der Waals surface area contributed by atoms with Gasteiger partial charge in [0, 0.05) is 36.4 Å². The van der Waals surface area contributed by atoms with Gasteiger partial charge in [-0.25, -0.2) is 9.97 Å². The molecule has 0 aliphatic carbocycles. The van der Waals surface area contributed by atoms with Gasteiger partial charge >= 0.3 is 0 Å². The molecule has 1 fully saturated rings. The molecule has 3 rings (SSSR count). The van der Waals surface area contributed by atoms with Crippen LogP contribution < -0.4 is 15.0 Å². The molecule has 6 nitrogen and oxygen atoms in total. The van der Waals surface area contributed by atoms with E-state index in [-0.39, 0.29) is 11.9 Å². The monoisotopic (exact) mass is 332 g/mol. The molecule has 0 spiro atoms. The molecular formula is C16H20N4O2S. The summed E-state index contributed by atoms with van der Waals surface area (Å²) >= 11 is 1.46. The van der Waals surface area contributed by atoms with Crippen molar-refractivity contribution in [1.29, 1.82) is 0 Å². The van der Waals surface area contributed by atoms with Crippen LogP contribution in [0.3, 0.4) is 0 Å². The minimum absolute atomic E-state index is 0.0687. The highest BCUT2D eigenvalue weighted by Crippen LogP contribution is 2.28. The van der Waals surface area contributed by atoms with Gasteiger partial charge < -0.3 is 15.0 Å². The van der Waals surface area contributed by atoms with Crippen molar-refractivity contribution < 1.29 is 9.53 Å². The number of ether oxygens (including phenoxy) is 1. The summed E-state index contributed by atoms with van der Waals surface area (Å²) in [5.74, 6) is 1.29. The molecule has 1 atom stereocenters. The minimum atomic E-state index is -0.0687. The standard InChI is InChI=1S/C16H20N4O2S/c1-11-9-13(22-2)14(23-11)15(21)19-12-5-3-8-20(10-12)16-17-6-4-7-18-16/h4,6-7,9,12H,3,5,8,10H2,1-2H3,(H,19,21)/t12-/m1/s1. The van der Waals surface area contributed by atoms with Crippen molar-refractivity contribution in [3.8, 4) is 5.75 Å². The molecule has 2 aromatic rings. The van der Waals surface area contributed by atoms with E-state index in [1.54, 1.807) is 25.6 Å². The molecule has 23 heavy (non-hydrogen) atoms. The number of carbonyl (C=O) groups is 1. The molecule has 1 saturated heterocycles. The van der Waals surface area contributed by atoms with Crippen LogP contribution >= 0.6 is 11.3 Å². The van der Waals surface area contributed by atoms with Gasteiger partial charge in [0.25, 0.3) is 5.91 Å². The predicted octanol–water partition coefficient (Wildman–Crippen LogP) is 2.25. The zero-order valence-electron chi connectivity index (χ0n) is 13.3. The first kappa shape index (κ1) is 15.7. The average molecular weight is 332 g/mol. The van der Waals surface area contributed by atoms with Gasteiger partial charge in [-0.3, -0.25) is 4.79 Å². The number of methoxy groups -OCH3 is 1. The molecule has 1 aliphatic rings. The van der Waals surface area contributed by atoms with Crippen molar-refractivity contribution in [3.63, 3.8) is 0 Å². The Morgan fingerprint density at radius 3 is 2.96 bits per heavy atom. The lowest BCUT2D eigenvalue weighted by Crippen LogP contribution is -2.48. The zero-order valence-corrected chi connectivity index (χ0v) is 14.1. The second-order valence-corrected chi connectivity index (χ2v) is 6.82. The van der Waals surface area contributed by atoms with Crippen LogP contribution in [0.2, 0.25) is 0 Å². The molecule has 122 valence electrons. The van der Waals surface area contributed by atoms with E-state index in [0.717, 1.165) is 36.8 Å². The highest BCUT2D eigenvalue weighted by molar-refractivity contribution is 7.14. The maximum absolute atomic E-state index is 12.5. The van der Waals surface area contributed by atoms with Gasteiger partial charge in [0.15, 0.2) is 0 Å². The third kappa shape index (κ3) is 3.61. The first-order chi connectivity index (χ1) is 11.2. The largest absolute Gasteiger partial charge is 0.495 e. The van der Waals surface area contributed by atoms with Crippen molar-refractivity contribution in [2.24, 2.45) is 0 Å². The number of hydrogen-bond donors (Lipinski definition) is 1. The Morgan fingerprint density at radius 2 is 2.22 bits per heavy atom. The maximum Gasteiger partial charge on any atom is 0.265 e. The summed E-state index contributed by atoms with van der Waals surface area (Å²) in [6.45, 7) is 3.61. The fourth-order valence-electron chi connectivity index (χ4n) is 2.78. The molecule has 0 aromatic carbocycles. The lowest BCUT2D eigenvalue weighted by atomic mass is 10.1. The molecule has 7 heteroatoms. The lowest BCUT2D eigenvalue weighted by molar-refractivity contribution is 0.0934. The van der Waals surface area contributed by atoms with Crippen LogP contribution in [0.4, 0.5) is 5.95 Å². The van der Waals surface area contributed by atoms with Crippen LogP contribution in [0.5, 0.6) is 5.75 Å². The van der Waals surface area contributed by atoms with E-state index < -0.39 is 0 Å². The molecule has 3 heterocycles. The number of amides is 1. The number of hydrogen-bond acceptors (Lipinski definition) is 6. The minimum Gasteiger partial charge on any atom is -0.495 e. The van der Waals surface area contributed by atoms with Crippen LogP contribution in [-0.4, -0.2) is 42.1 Å². The maximum atomic E-state index is 12.5. The van der Waals surface area contributed by atoms with E-state index in [1.807, 2.05) is 13.0 Å². The van der Waals surface area contributed by atoms with Crippen LogP contribution in [0.15, 0.2) is 24.5 Å². The smallest absolute Gasteiger partial charge is 0.265 e. The summed E-state index contributed by atoms with van der Waals surface area (Å²) in [7, 11) is 1.59. The Balaban J connectivity index is 1.66. The van der Waals surface area contributed by atoms with E-state index in [9.17, 15) is 4.79 Å². The SMILES string of the molecule is COc1cc(C)sc1C(=O)N[C@@H]1CCCN(c2ncccn2)C1. The summed E-state index contributed by atoms with van der Waals surface area (Å²) in [4.78, 5) is 24.9. The van der Waals surface area contributed by atoms with Crippen molar-refractivity contribution >= 4 is 23.2 Å². The van der Waals surface area contributed by atoms with Gasteiger partial charge in [0.1, 0.15) is 10.6 Å². The second-order valence-electron chi connectivity index (χ2n) is 5.56. The van der Waals surface area contributed by atoms with Crippen LogP contribution in [-0.2, 0) is 0 Å². The quantitative estimate of drug-likeness (QED) is 0.930. The van der Waals surface area contributed by atoms with Crippen molar-refractivity contribution in [2.45, 2.75) is 25.8 Å². The van der Waals surface area contributed by atoms with E-state index >= 15 is 0 Å². The highest BCUT2D eigenvalue weighted by atomic mass is 32.1. The van der Waals surface area contributed by atoms with Gasteiger partial charge in [-0.15, -0.1) is 11.3 Å². The van der Waals surface area contributed by atoms with Gasteiger partial charge in [0.2, 0.25) is 5.95 Å². The summed E-state index contributed by atoms with van der Waals surface area (Å²) in [6, 6.07) is 3.79. The Labute approximate surface area is 139 Å². The number of thiophene rings is 1. The fraction of sp³-hybridized carbons (Fsp3) is 0.438. The summed E-state index contributed by atoms with van der Waals surface area (Å²) < 4.78 is 5.29. The second kappa shape index (κ2) is 6.95. The number of nitrogens with one attached hydrogen (secondary N) is 1. The fourth-order valence-corrected chi connectivity index (χ4v) is 3.67. The number of piperidine rings is 1.